The third kappa shape index (κ3) is 4.48. The number of furan rings is 1. The van der Waals surface area contributed by atoms with E-state index in [0.717, 1.165) is 10.7 Å². The molecule has 1 amide bonds. The van der Waals surface area contributed by atoms with Crippen molar-refractivity contribution in [2.75, 3.05) is 19.7 Å². The monoisotopic (exact) mass is 255 g/mol. The van der Waals surface area contributed by atoms with Crippen LogP contribution in [0.5, 0.6) is 0 Å². The van der Waals surface area contributed by atoms with Crippen molar-refractivity contribution in [2.45, 2.75) is 20.3 Å². The van der Waals surface area contributed by atoms with E-state index in [0.29, 0.717) is 12.2 Å². The summed E-state index contributed by atoms with van der Waals surface area (Å²) >= 11 is 0. The van der Waals surface area contributed by atoms with E-state index in [1.807, 2.05) is 13.0 Å². The number of carbonyl (C=O) groups is 2. The topological polar surface area (TPSA) is 80.0 Å². The zero-order valence-electron chi connectivity index (χ0n) is 10.5. The lowest BCUT2D eigenvalue weighted by Crippen LogP contribution is -2.37. The summed E-state index contributed by atoms with van der Waals surface area (Å²) in [7, 11) is 0. The molecule has 0 radical (unpaired) electrons. The van der Waals surface area contributed by atoms with Gasteiger partial charge in [0.1, 0.15) is 18.1 Å². The van der Waals surface area contributed by atoms with Crippen LogP contribution in [0.3, 0.4) is 0 Å². The zero-order valence-corrected chi connectivity index (χ0v) is 10.5. The highest BCUT2D eigenvalue weighted by molar-refractivity contribution is 5.76. The molecule has 100 valence electrons. The fourth-order valence-electron chi connectivity index (χ4n) is 1.48. The highest BCUT2D eigenvalue weighted by Gasteiger charge is 2.18. The molecule has 0 spiro atoms. The largest absolute Gasteiger partial charge is 0.480 e. The van der Waals surface area contributed by atoms with Crippen LogP contribution in [0.4, 0.5) is 4.79 Å². The van der Waals surface area contributed by atoms with E-state index in [1.165, 1.54) is 0 Å². The number of carboxylic acids is 1. The first-order chi connectivity index (χ1) is 8.52. The number of nitrogens with zero attached hydrogens (tertiary/aromatic N) is 1. The van der Waals surface area contributed by atoms with Crippen LogP contribution in [0.1, 0.15) is 18.4 Å². The van der Waals surface area contributed by atoms with Crippen LogP contribution < -0.4 is 0 Å². The molecule has 0 unspecified atom stereocenters. The maximum absolute atomic E-state index is 11.5. The van der Waals surface area contributed by atoms with Gasteiger partial charge in [0.25, 0.3) is 0 Å². The molecule has 0 bridgehead atoms. The van der Waals surface area contributed by atoms with Crippen molar-refractivity contribution in [2.24, 2.45) is 0 Å². The molecule has 0 aliphatic rings. The first-order valence-electron chi connectivity index (χ1n) is 5.71. The van der Waals surface area contributed by atoms with Crippen LogP contribution in [-0.2, 0) is 16.0 Å². The molecule has 1 rings (SSSR count). The lowest BCUT2D eigenvalue weighted by atomic mass is 10.3. The lowest BCUT2D eigenvalue weighted by Gasteiger charge is -2.19. The average molecular weight is 255 g/mol. The van der Waals surface area contributed by atoms with Gasteiger partial charge in [0, 0.05) is 13.0 Å². The summed E-state index contributed by atoms with van der Waals surface area (Å²) in [6, 6.07) is 3.63. The van der Waals surface area contributed by atoms with E-state index < -0.39 is 12.1 Å². The molecule has 0 atom stereocenters. The SMILES string of the molecule is CCOC(=O)N(CCc1ccc(C)o1)CC(=O)O. The average Bonchev–Trinajstić information content (AvgIpc) is 2.70. The summed E-state index contributed by atoms with van der Waals surface area (Å²) in [6.07, 6.45) is -0.164. The lowest BCUT2D eigenvalue weighted by molar-refractivity contribution is -0.138. The number of aryl methyl sites for hydroxylation is 1. The Kier molecular flexibility index (Phi) is 5.23. The van der Waals surface area contributed by atoms with Gasteiger partial charge in [-0.3, -0.25) is 9.69 Å². The molecule has 1 aromatic rings. The Morgan fingerprint density at radius 3 is 2.67 bits per heavy atom. The second kappa shape index (κ2) is 6.68. The van der Waals surface area contributed by atoms with Gasteiger partial charge in [0.15, 0.2) is 0 Å². The molecule has 6 nitrogen and oxygen atoms in total. The van der Waals surface area contributed by atoms with Gasteiger partial charge in [0.05, 0.1) is 6.61 Å². The van der Waals surface area contributed by atoms with Crippen molar-refractivity contribution in [1.82, 2.24) is 4.90 Å². The molecule has 0 fully saturated rings. The van der Waals surface area contributed by atoms with Gasteiger partial charge in [-0.1, -0.05) is 0 Å². The molecule has 0 saturated heterocycles. The van der Waals surface area contributed by atoms with Gasteiger partial charge in [-0.25, -0.2) is 4.79 Å². The minimum atomic E-state index is -1.07. The van der Waals surface area contributed by atoms with Crippen molar-refractivity contribution in [3.8, 4) is 0 Å². The Bertz CT molecular complexity index is 412. The third-order valence-electron chi connectivity index (χ3n) is 2.28. The van der Waals surface area contributed by atoms with Crippen LogP contribution >= 0.6 is 0 Å². The summed E-state index contributed by atoms with van der Waals surface area (Å²) in [4.78, 5) is 23.3. The maximum atomic E-state index is 11.5. The van der Waals surface area contributed by atoms with E-state index in [2.05, 4.69) is 0 Å². The fourth-order valence-corrected chi connectivity index (χ4v) is 1.48. The Balaban J connectivity index is 2.55. The van der Waals surface area contributed by atoms with Gasteiger partial charge in [-0.15, -0.1) is 0 Å². The van der Waals surface area contributed by atoms with Crippen LogP contribution in [0.2, 0.25) is 0 Å². The second-order valence-electron chi connectivity index (χ2n) is 3.78. The molecule has 0 aromatic carbocycles. The number of amides is 1. The van der Waals surface area contributed by atoms with E-state index in [-0.39, 0.29) is 19.7 Å². The minimum absolute atomic E-state index is 0.217. The number of aliphatic carboxylic acids is 1. The maximum Gasteiger partial charge on any atom is 0.410 e. The quantitative estimate of drug-likeness (QED) is 0.836. The van der Waals surface area contributed by atoms with Crippen LogP contribution in [0, 0.1) is 6.92 Å². The highest BCUT2D eigenvalue weighted by atomic mass is 16.6. The van der Waals surface area contributed by atoms with Crippen molar-refractivity contribution >= 4 is 12.1 Å². The molecule has 1 N–H and O–H groups in total. The van der Waals surface area contributed by atoms with Crippen LogP contribution in [-0.4, -0.2) is 41.8 Å². The molecule has 1 heterocycles. The summed E-state index contributed by atoms with van der Waals surface area (Å²) in [5.41, 5.74) is 0. The molecular weight excluding hydrogens is 238 g/mol. The Morgan fingerprint density at radius 1 is 1.44 bits per heavy atom. The number of rotatable bonds is 6. The minimum Gasteiger partial charge on any atom is -0.480 e. The molecule has 0 saturated carbocycles. The van der Waals surface area contributed by atoms with E-state index in [9.17, 15) is 9.59 Å². The Hall–Kier alpha value is -1.98. The summed E-state index contributed by atoms with van der Waals surface area (Å²) in [5.74, 6) is 0.428. The number of hydrogen-bond acceptors (Lipinski definition) is 4. The van der Waals surface area contributed by atoms with E-state index >= 15 is 0 Å². The predicted octanol–water partition coefficient (Wildman–Crippen LogP) is 1.67. The standard InChI is InChI=1S/C12H17NO5/c1-3-17-12(16)13(8-11(14)15)7-6-10-5-4-9(2)18-10/h4-5H,3,6-8H2,1-2H3,(H,14,15). The number of carbonyl (C=O) groups excluding carboxylic acids is 1. The van der Waals surface area contributed by atoms with E-state index in [1.54, 1.807) is 13.0 Å². The molecule has 0 aliphatic carbocycles. The second-order valence-corrected chi connectivity index (χ2v) is 3.78. The third-order valence-corrected chi connectivity index (χ3v) is 2.28. The summed E-state index contributed by atoms with van der Waals surface area (Å²) in [6.45, 7) is 3.59. The first kappa shape index (κ1) is 14.1. The molecule has 1 aromatic heterocycles. The van der Waals surface area contributed by atoms with Crippen molar-refractivity contribution in [3.05, 3.63) is 23.7 Å². The summed E-state index contributed by atoms with van der Waals surface area (Å²) < 4.78 is 10.1. The Morgan fingerprint density at radius 2 is 2.17 bits per heavy atom. The number of carboxylic acid groups (broad SMARTS) is 1. The van der Waals surface area contributed by atoms with Crippen molar-refractivity contribution < 1.29 is 23.8 Å². The highest BCUT2D eigenvalue weighted by Crippen LogP contribution is 2.08. The van der Waals surface area contributed by atoms with Gasteiger partial charge >= 0.3 is 12.1 Å². The van der Waals surface area contributed by atoms with Gasteiger partial charge in [0.2, 0.25) is 0 Å². The fraction of sp³-hybridized carbons (Fsp3) is 0.500. The van der Waals surface area contributed by atoms with Gasteiger partial charge < -0.3 is 14.3 Å². The first-order valence-corrected chi connectivity index (χ1v) is 5.71. The molecular formula is C12H17NO5. The normalized spacial score (nSPS) is 10.1. The molecule has 0 aliphatic heterocycles. The summed E-state index contributed by atoms with van der Waals surface area (Å²) in [5, 5.41) is 8.73. The van der Waals surface area contributed by atoms with E-state index in [4.69, 9.17) is 14.3 Å². The zero-order chi connectivity index (χ0) is 13.5. The van der Waals surface area contributed by atoms with Crippen LogP contribution in [0.25, 0.3) is 0 Å². The number of ether oxygens (including phenoxy) is 1. The van der Waals surface area contributed by atoms with Crippen molar-refractivity contribution in [3.63, 3.8) is 0 Å². The molecule has 18 heavy (non-hydrogen) atoms. The molecule has 6 heteroatoms. The van der Waals surface area contributed by atoms with Gasteiger partial charge in [-0.2, -0.15) is 0 Å². The van der Waals surface area contributed by atoms with Crippen LogP contribution in [0.15, 0.2) is 16.5 Å². The Labute approximate surface area is 105 Å². The number of hydrogen-bond donors (Lipinski definition) is 1. The smallest absolute Gasteiger partial charge is 0.410 e. The predicted molar refractivity (Wildman–Crippen MR) is 63.4 cm³/mol. The van der Waals surface area contributed by atoms with Crippen molar-refractivity contribution in [1.29, 1.82) is 0 Å². The van der Waals surface area contributed by atoms with Gasteiger partial charge in [-0.05, 0) is 26.0 Å².